The van der Waals surface area contributed by atoms with Gasteiger partial charge in [0, 0.05) is 30.5 Å². The number of aliphatic hydroxyl groups excluding tert-OH is 1. The van der Waals surface area contributed by atoms with Crippen molar-refractivity contribution in [1.82, 2.24) is 9.88 Å². The highest BCUT2D eigenvalue weighted by Crippen LogP contribution is 2.22. The molecule has 0 aromatic carbocycles. The van der Waals surface area contributed by atoms with Crippen molar-refractivity contribution in [3.63, 3.8) is 0 Å². The molecule has 2 atom stereocenters. The van der Waals surface area contributed by atoms with Crippen LogP contribution in [-0.4, -0.2) is 39.6 Å². The molecule has 1 aromatic heterocycles. The first-order chi connectivity index (χ1) is 9.49. The maximum Gasteiger partial charge on any atom is 0.259 e. The molecule has 0 aliphatic carbocycles. The molecule has 0 saturated carbocycles. The van der Waals surface area contributed by atoms with Crippen LogP contribution >= 0.6 is 0 Å². The summed E-state index contributed by atoms with van der Waals surface area (Å²) < 4.78 is 0. The molecule has 110 valence electrons. The number of nitrogens with zero attached hydrogens (tertiary/aromatic N) is 1. The van der Waals surface area contributed by atoms with Crippen molar-refractivity contribution in [2.24, 2.45) is 0 Å². The van der Waals surface area contributed by atoms with Crippen LogP contribution in [0.15, 0.2) is 17.1 Å². The molecule has 0 radical (unpaired) electrons. The average Bonchev–Trinajstić information content (AvgIpc) is 2.38. The summed E-state index contributed by atoms with van der Waals surface area (Å²) in [5.41, 5.74) is 0.687. The van der Waals surface area contributed by atoms with E-state index >= 15 is 0 Å². The Bertz CT molecular complexity index is 536. The fourth-order valence-electron chi connectivity index (χ4n) is 2.80. The van der Waals surface area contributed by atoms with Gasteiger partial charge in [-0.25, -0.2) is 0 Å². The van der Waals surface area contributed by atoms with Crippen LogP contribution in [0.5, 0.6) is 0 Å². The maximum absolute atomic E-state index is 12.5. The Morgan fingerprint density at radius 2 is 2.30 bits per heavy atom. The molecule has 1 saturated heterocycles. The maximum atomic E-state index is 12.5. The summed E-state index contributed by atoms with van der Waals surface area (Å²) in [4.78, 5) is 29.1. The molecule has 0 spiro atoms. The van der Waals surface area contributed by atoms with E-state index in [9.17, 15) is 14.7 Å². The third kappa shape index (κ3) is 3.28. The summed E-state index contributed by atoms with van der Waals surface area (Å²) in [6.45, 7) is 4.17. The van der Waals surface area contributed by atoms with Gasteiger partial charge in [-0.05, 0) is 39.5 Å². The normalized spacial score (nSPS) is 20.8. The number of hydrogen-bond acceptors (Lipinski definition) is 3. The van der Waals surface area contributed by atoms with E-state index in [1.807, 2.05) is 0 Å². The van der Waals surface area contributed by atoms with E-state index in [1.165, 1.54) is 12.3 Å². The molecular weight excluding hydrogens is 256 g/mol. The van der Waals surface area contributed by atoms with Gasteiger partial charge in [0.25, 0.3) is 5.91 Å². The van der Waals surface area contributed by atoms with Crippen molar-refractivity contribution in [3.8, 4) is 0 Å². The molecule has 2 rings (SSSR count). The summed E-state index contributed by atoms with van der Waals surface area (Å²) in [5, 5.41) is 9.56. The molecule has 1 amide bonds. The number of nitrogens with one attached hydrogen (secondary N) is 1. The number of amides is 1. The fourth-order valence-corrected chi connectivity index (χ4v) is 2.80. The summed E-state index contributed by atoms with van der Waals surface area (Å²) in [6.07, 6.45) is 4.52. The Kier molecular flexibility index (Phi) is 4.60. The van der Waals surface area contributed by atoms with Crippen LogP contribution in [-0.2, 0) is 0 Å². The van der Waals surface area contributed by atoms with Gasteiger partial charge in [0.1, 0.15) is 5.56 Å². The number of aromatic amines is 1. The molecule has 1 aliphatic heterocycles. The number of carbonyl (C=O) groups is 1. The van der Waals surface area contributed by atoms with Gasteiger partial charge in [0.05, 0.1) is 6.10 Å². The molecule has 1 aromatic rings. The highest BCUT2D eigenvalue weighted by molar-refractivity contribution is 5.94. The molecule has 1 aliphatic rings. The van der Waals surface area contributed by atoms with E-state index in [4.69, 9.17) is 0 Å². The molecule has 2 heterocycles. The van der Waals surface area contributed by atoms with Crippen molar-refractivity contribution >= 4 is 5.91 Å². The van der Waals surface area contributed by atoms with E-state index in [0.29, 0.717) is 13.0 Å². The van der Waals surface area contributed by atoms with Crippen molar-refractivity contribution in [3.05, 3.63) is 33.7 Å². The van der Waals surface area contributed by atoms with Crippen molar-refractivity contribution in [1.29, 1.82) is 0 Å². The number of H-pyrrole nitrogens is 1. The van der Waals surface area contributed by atoms with E-state index in [1.54, 1.807) is 18.7 Å². The number of aromatic nitrogens is 1. The van der Waals surface area contributed by atoms with E-state index in [2.05, 4.69) is 4.98 Å². The van der Waals surface area contributed by atoms with E-state index in [0.717, 1.165) is 25.0 Å². The van der Waals surface area contributed by atoms with Gasteiger partial charge in [-0.2, -0.15) is 0 Å². The molecule has 5 nitrogen and oxygen atoms in total. The topological polar surface area (TPSA) is 73.4 Å². The highest BCUT2D eigenvalue weighted by Gasteiger charge is 2.29. The Morgan fingerprint density at radius 1 is 1.55 bits per heavy atom. The predicted molar refractivity (Wildman–Crippen MR) is 76.8 cm³/mol. The first kappa shape index (κ1) is 14.8. The molecule has 2 N–H and O–H groups in total. The first-order valence-corrected chi connectivity index (χ1v) is 7.17. The van der Waals surface area contributed by atoms with Crippen LogP contribution in [0.2, 0.25) is 0 Å². The molecule has 5 heteroatoms. The van der Waals surface area contributed by atoms with Crippen LogP contribution in [0, 0.1) is 6.92 Å². The van der Waals surface area contributed by atoms with E-state index < -0.39 is 6.10 Å². The lowest BCUT2D eigenvalue weighted by Crippen LogP contribution is -2.46. The largest absolute Gasteiger partial charge is 0.393 e. The zero-order valence-corrected chi connectivity index (χ0v) is 12.1. The molecule has 20 heavy (non-hydrogen) atoms. The second-order valence-electron chi connectivity index (χ2n) is 5.63. The predicted octanol–water partition coefficient (Wildman–Crippen LogP) is 1.45. The van der Waals surface area contributed by atoms with Gasteiger partial charge < -0.3 is 15.0 Å². The van der Waals surface area contributed by atoms with Gasteiger partial charge >= 0.3 is 0 Å². The first-order valence-electron chi connectivity index (χ1n) is 7.17. The lowest BCUT2D eigenvalue weighted by atomic mass is 9.96. The summed E-state index contributed by atoms with van der Waals surface area (Å²) in [6, 6.07) is 1.47. The van der Waals surface area contributed by atoms with Gasteiger partial charge in [-0.1, -0.05) is 0 Å². The number of rotatable bonds is 3. The molecule has 1 fully saturated rings. The van der Waals surface area contributed by atoms with Crippen LogP contribution in [0.3, 0.4) is 0 Å². The molecular formula is C15H22N2O3. The number of hydrogen-bond donors (Lipinski definition) is 2. The Balaban J connectivity index is 2.23. The zero-order chi connectivity index (χ0) is 14.7. The van der Waals surface area contributed by atoms with Crippen LogP contribution < -0.4 is 5.43 Å². The third-order valence-electron chi connectivity index (χ3n) is 3.79. The quantitative estimate of drug-likeness (QED) is 0.879. The zero-order valence-electron chi connectivity index (χ0n) is 12.1. The van der Waals surface area contributed by atoms with Crippen molar-refractivity contribution in [2.45, 2.75) is 51.7 Å². The lowest BCUT2D eigenvalue weighted by Gasteiger charge is -2.36. The van der Waals surface area contributed by atoms with Gasteiger partial charge in [-0.15, -0.1) is 0 Å². The van der Waals surface area contributed by atoms with Crippen molar-refractivity contribution in [2.75, 3.05) is 6.54 Å². The summed E-state index contributed by atoms with van der Waals surface area (Å²) in [7, 11) is 0. The lowest BCUT2D eigenvalue weighted by molar-refractivity contribution is 0.0513. The van der Waals surface area contributed by atoms with Crippen LogP contribution in [0.1, 0.15) is 48.7 Å². The second kappa shape index (κ2) is 6.22. The Hall–Kier alpha value is -1.62. The number of aliphatic hydroxyl groups is 1. The van der Waals surface area contributed by atoms with Crippen molar-refractivity contribution < 1.29 is 9.90 Å². The standard InChI is InChI=1S/C15H22N2O3/c1-10-7-14(19)13(9-16-10)15(20)17-6-4-3-5-12(17)8-11(2)18/h7,9,11-12,18H,3-6,8H2,1-2H3,(H,16,19). The third-order valence-corrected chi connectivity index (χ3v) is 3.79. The number of aryl methyl sites for hydroxylation is 1. The summed E-state index contributed by atoms with van der Waals surface area (Å²) >= 11 is 0. The monoisotopic (exact) mass is 278 g/mol. The molecule has 2 unspecified atom stereocenters. The second-order valence-corrected chi connectivity index (χ2v) is 5.63. The SMILES string of the molecule is Cc1cc(=O)c(C(=O)N2CCCCC2CC(C)O)c[nH]1. The van der Waals surface area contributed by atoms with Gasteiger partial charge in [-0.3, -0.25) is 9.59 Å². The smallest absolute Gasteiger partial charge is 0.259 e. The number of carbonyl (C=O) groups excluding carboxylic acids is 1. The average molecular weight is 278 g/mol. The molecule has 0 bridgehead atoms. The number of pyridine rings is 1. The minimum absolute atomic E-state index is 0.0250. The van der Waals surface area contributed by atoms with E-state index in [-0.39, 0.29) is 22.9 Å². The highest BCUT2D eigenvalue weighted by atomic mass is 16.3. The Morgan fingerprint density at radius 3 is 2.95 bits per heavy atom. The fraction of sp³-hybridized carbons (Fsp3) is 0.600. The van der Waals surface area contributed by atoms with Gasteiger partial charge in [0.2, 0.25) is 0 Å². The minimum atomic E-state index is -0.440. The number of likely N-dealkylation sites (tertiary alicyclic amines) is 1. The Labute approximate surface area is 118 Å². The number of piperidine rings is 1. The van der Waals surface area contributed by atoms with Gasteiger partial charge in [0.15, 0.2) is 5.43 Å². The van der Waals surface area contributed by atoms with Crippen LogP contribution in [0.25, 0.3) is 0 Å². The minimum Gasteiger partial charge on any atom is -0.393 e. The van der Waals surface area contributed by atoms with Crippen LogP contribution in [0.4, 0.5) is 0 Å². The summed E-state index contributed by atoms with van der Waals surface area (Å²) in [5.74, 6) is -0.225.